The minimum atomic E-state index is -0.679. The second-order valence-electron chi connectivity index (χ2n) is 7.29. The Balaban J connectivity index is 1.55. The van der Waals surface area contributed by atoms with E-state index in [-0.39, 0.29) is 42.9 Å². The Morgan fingerprint density at radius 2 is 1.91 bits per heavy atom. The Hall–Kier alpha value is -3.33. The minimum Gasteiger partial charge on any atom is -0.506 e. The third-order valence-corrected chi connectivity index (χ3v) is 5.11. The molecule has 0 fully saturated rings. The van der Waals surface area contributed by atoms with Crippen LogP contribution in [0.3, 0.4) is 0 Å². The summed E-state index contributed by atoms with van der Waals surface area (Å²) in [7, 11) is 0. The molecular formula is C24H25NO7. The topological polar surface area (TPSA) is 110 Å². The number of aliphatic hydroxyl groups is 1. The molecule has 0 aliphatic carbocycles. The van der Waals surface area contributed by atoms with E-state index >= 15 is 0 Å². The highest BCUT2D eigenvalue weighted by Crippen LogP contribution is 2.36. The van der Waals surface area contributed by atoms with Crippen molar-refractivity contribution in [2.75, 3.05) is 31.7 Å². The van der Waals surface area contributed by atoms with Crippen molar-refractivity contribution in [3.8, 4) is 5.75 Å². The van der Waals surface area contributed by atoms with Gasteiger partial charge in [0.25, 0.3) is 5.91 Å². The lowest BCUT2D eigenvalue weighted by molar-refractivity contribution is -0.148. The van der Waals surface area contributed by atoms with Crippen LogP contribution in [0.5, 0.6) is 5.75 Å². The zero-order valence-electron chi connectivity index (χ0n) is 17.4. The summed E-state index contributed by atoms with van der Waals surface area (Å²) in [6.45, 7) is 0.711. The number of ether oxygens (including phenoxy) is 3. The van der Waals surface area contributed by atoms with E-state index in [9.17, 15) is 9.90 Å². The predicted octanol–water partition coefficient (Wildman–Crippen LogP) is 3.52. The Morgan fingerprint density at radius 1 is 1.09 bits per heavy atom. The summed E-state index contributed by atoms with van der Waals surface area (Å²) in [6.07, 6.45) is 3.24. The molecule has 2 heterocycles. The first kappa shape index (κ1) is 21.9. The van der Waals surface area contributed by atoms with E-state index in [0.29, 0.717) is 13.0 Å². The van der Waals surface area contributed by atoms with Crippen LogP contribution in [-0.2, 0) is 19.0 Å². The molecule has 0 radical (unpaired) electrons. The summed E-state index contributed by atoms with van der Waals surface area (Å²) in [4.78, 5) is 12.9. The number of anilines is 1. The molecule has 2 aromatic carbocycles. The number of rotatable bonds is 9. The van der Waals surface area contributed by atoms with Gasteiger partial charge in [-0.15, -0.1) is 0 Å². The van der Waals surface area contributed by atoms with Gasteiger partial charge in [-0.2, -0.15) is 0 Å². The van der Waals surface area contributed by atoms with Gasteiger partial charge in [-0.25, -0.2) is 0 Å². The van der Waals surface area contributed by atoms with Crippen molar-refractivity contribution in [1.82, 2.24) is 0 Å². The van der Waals surface area contributed by atoms with Crippen LogP contribution < -0.4 is 5.32 Å². The molecule has 1 amide bonds. The summed E-state index contributed by atoms with van der Waals surface area (Å²) >= 11 is 0. The number of carbonyl (C=O) groups excluding carboxylic acids is 1. The van der Waals surface area contributed by atoms with Gasteiger partial charge in [0.15, 0.2) is 5.76 Å². The minimum absolute atomic E-state index is 0.0385. The summed E-state index contributed by atoms with van der Waals surface area (Å²) in [5, 5.41) is 22.4. The second kappa shape index (κ2) is 10.3. The van der Waals surface area contributed by atoms with Gasteiger partial charge < -0.3 is 34.2 Å². The predicted molar refractivity (Wildman–Crippen MR) is 117 cm³/mol. The summed E-state index contributed by atoms with van der Waals surface area (Å²) < 4.78 is 22.5. The standard InChI is InChI=1S/C24H25NO7/c26-9-10-29-11-12-30-23-14-16(18-15-31-21-8-4-1-5-17(18)21)13-22(32-23)24(28)25-19-6-2-3-7-20(19)27/h1-8,13,15-16,23,26-27H,9-12,14H2,(H,25,28). The van der Waals surface area contributed by atoms with E-state index in [4.69, 9.17) is 23.7 Å². The monoisotopic (exact) mass is 439 g/mol. The molecule has 0 bridgehead atoms. The van der Waals surface area contributed by atoms with Crippen LogP contribution in [0, 0.1) is 0 Å². The Morgan fingerprint density at radius 3 is 2.75 bits per heavy atom. The molecule has 168 valence electrons. The summed E-state index contributed by atoms with van der Waals surface area (Å²) in [6, 6.07) is 14.2. The Labute approximate surface area is 185 Å². The molecule has 3 N–H and O–H groups in total. The lowest BCUT2D eigenvalue weighted by Crippen LogP contribution is -2.30. The van der Waals surface area contributed by atoms with Gasteiger partial charge in [-0.3, -0.25) is 4.79 Å². The molecule has 1 aliphatic rings. The Kier molecular flexibility index (Phi) is 7.06. The molecule has 0 spiro atoms. The average molecular weight is 439 g/mol. The first-order valence-electron chi connectivity index (χ1n) is 10.4. The Bertz CT molecular complexity index is 1090. The molecule has 32 heavy (non-hydrogen) atoms. The highest BCUT2D eigenvalue weighted by atomic mass is 16.7. The van der Waals surface area contributed by atoms with E-state index in [1.165, 1.54) is 6.07 Å². The average Bonchev–Trinajstić information content (AvgIpc) is 3.24. The molecule has 3 aromatic rings. The lowest BCUT2D eigenvalue weighted by Gasteiger charge is -2.29. The van der Waals surface area contributed by atoms with Crippen LogP contribution in [0.15, 0.2) is 71.0 Å². The van der Waals surface area contributed by atoms with E-state index < -0.39 is 12.2 Å². The van der Waals surface area contributed by atoms with Crippen molar-refractivity contribution in [1.29, 1.82) is 0 Å². The summed E-state index contributed by atoms with van der Waals surface area (Å²) in [5.74, 6) is -0.616. The molecule has 2 atom stereocenters. The maximum absolute atomic E-state index is 12.9. The number of nitrogens with one attached hydrogen (secondary N) is 1. The highest BCUT2D eigenvalue weighted by Gasteiger charge is 2.30. The number of hydrogen-bond acceptors (Lipinski definition) is 7. The van der Waals surface area contributed by atoms with Crippen molar-refractivity contribution >= 4 is 22.6 Å². The quantitative estimate of drug-likeness (QED) is 0.346. The molecule has 8 nitrogen and oxygen atoms in total. The van der Waals surface area contributed by atoms with Crippen LogP contribution in [0.1, 0.15) is 17.9 Å². The molecule has 0 saturated carbocycles. The van der Waals surface area contributed by atoms with Gasteiger partial charge in [0.05, 0.1) is 38.4 Å². The largest absolute Gasteiger partial charge is 0.506 e. The fraction of sp³-hybridized carbons (Fsp3) is 0.292. The molecule has 4 rings (SSSR count). The summed E-state index contributed by atoms with van der Waals surface area (Å²) in [5.41, 5.74) is 1.98. The van der Waals surface area contributed by atoms with Crippen molar-refractivity contribution in [3.05, 3.63) is 72.2 Å². The van der Waals surface area contributed by atoms with Gasteiger partial charge in [-0.05, 0) is 24.3 Å². The maximum atomic E-state index is 12.9. The first-order valence-corrected chi connectivity index (χ1v) is 10.4. The molecule has 8 heteroatoms. The number of fused-ring (bicyclic) bond motifs is 1. The molecule has 1 aliphatic heterocycles. The van der Waals surface area contributed by atoms with Crippen molar-refractivity contribution in [2.24, 2.45) is 0 Å². The number of phenolic OH excluding ortho intramolecular Hbond substituents is 1. The number of allylic oxidation sites excluding steroid dienone is 1. The number of amides is 1. The van der Waals surface area contributed by atoms with Crippen molar-refractivity contribution in [3.63, 3.8) is 0 Å². The fourth-order valence-corrected chi connectivity index (χ4v) is 3.59. The molecule has 1 aromatic heterocycles. The van der Waals surface area contributed by atoms with Crippen LogP contribution in [0.25, 0.3) is 11.0 Å². The fourth-order valence-electron chi connectivity index (χ4n) is 3.59. The third-order valence-electron chi connectivity index (χ3n) is 5.11. The lowest BCUT2D eigenvalue weighted by atomic mass is 9.92. The van der Waals surface area contributed by atoms with Gasteiger partial charge in [0, 0.05) is 23.3 Å². The zero-order chi connectivity index (χ0) is 22.3. The number of aromatic hydroxyl groups is 1. The molecular weight excluding hydrogens is 414 g/mol. The number of hydrogen-bond donors (Lipinski definition) is 3. The maximum Gasteiger partial charge on any atom is 0.290 e. The number of furan rings is 1. The van der Waals surface area contributed by atoms with E-state index in [2.05, 4.69) is 5.32 Å². The van der Waals surface area contributed by atoms with E-state index in [1.807, 2.05) is 24.3 Å². The SMILES string of the molecule is O=C(Nc1ccccc1O)C1=CC(c2coc3ccccc23)CC(OCCOCCO)O1. The smallest absolute Gasteiger partial charge is 0.290 e. The highest BCUT2D eigenvalue weighted by molar-refractivity contribution is 6.03. The number of para-hydroxylation sites is 3. The third kappa shape index (κ3) is 5.11. The number of aliphatic hydroxyl groups excluding tert-OH is 1. The van der Waals surface area contributed by atoms with Gasteiger partial charge >= 0.3 is 0 Å². The second-order valence-corrected chi connectivity index (χ2v) is 7.29. The van der Waals surface area contributed by atoms with Crippen molar-refractivity contribution < 1.29 is 33.6 Å². The van der Waals surface area contributed by atoms with Crippen LogP contribution in [0.4, 0.5) is 5.69 Å². The first-order chi connectivity index (χ1) is 15.7. The van der Waals surface area contributed by atoms with E-state index in [0.717, 1.165) is 16.5 Å². The van der Waals surface area contributed by atoms with E-state index in [1.54, 1.807) is 30.5 Å². The van der Waals surface area contributed by atoms with Crippen molar-refractivity contribution in [2.45, 2.75) is 18.6 Å². The van der Waals surface area contributed by atoms with Crippen LogP contribution >= 0.6 is 0 Å². The van der Waals surface area contributed by atoms with Crippen LogP contribution in [-0.4, -0.2) is 48.8 Å². The molecule has 0 saturated heterocycles. The van der Waals surface area contributed by atoms with Crippen LogP contribution in [0.2, 0.25) is 0 Å². The van der Waals surface area contributed by atoms with Gasteiger partial charge in [-0.1, -0.05) is 30.3 Å². The van der Waals surface area contributed by atoms with Gasteiger partial charge in [0.2, 0.25) is 6.29 Å². The zero-order valence-corrected chi connectivity index (χ0v) is 17.4. The molecule has 2 unspecified atom stereocenters. The van der Waals surface area contributed by atoms with Gasteiger partial charge in [0.1, 0.15) is 11.3 Å². The number of phenols is 1. The normalized spacial score (nSPS) is 18.2. The number of benzene rings is 2. The number of carbonyl (C=O) groups is 1.